The molecular weight excluding hydrogens is 448 g/mol. The van der Waals surface area contributed by atoms with E-state index in [1.807, 2.05) is 36.8 Å². The third-order valence-electron chi connectivity index (χ3n) is 4.68. The molecule has 162 valence electrons. The number of nitrogens with zero attached hydrogens (tertiary/aromatic N) is 1. The second-order valence-corrected chi connectivity index (χ2v) is 10.2. The summed E-state index contributed by atoms with van der Waals surface area (Å²) in [6, 6.07) is 21.0. The molecule has 0 aliphatic carbocycles. The highest BCUT2D eigenvalue weighted by Crippen LogP contribution is 2.26. The van der Waals surface area contributed by atoms with Crippen molar-refractivity contribution in [1.29, 1.82) is 0 Å². The Labute approximate surface area is 192 Å². The van der Waals surface area contributed by atoms with E-state index in [2.05, 4.69) is 5.32 Å². The molecule has 0 aromatic heterocycles. The number of carbonyl (C=O) groups excluding carboxylic acids is 1. The molecule has 1 amide bonds. The van der Waals surface area contributed by atoms with Crippen molar-refractivity contribution in [2.24, 2.45) is 0 Å². The molecule has 0 atom stereocenters. The SMILES string of the molecule is CCN(c1ccc(C(=O)Nc2cccc(SC)c2)cc1)S(=O)(=O)c1ccc(SC)cc1. The van der Waals surface area contributed by atoms with Gasteiger partial charge in [0, 0.05) is 27.6 Å². The van der Waals surface area contributed by atoms with Crippen molar-refractivity contribution in [2.75, 3.05) is 28.7 Å². The minimum atomic E-state index is -3.70. The summed E-state index contributed by atoms with van der Waals surface area (Å²) >= 11 is 3.16. The van der Waals surface area contributed by atoms with Gasteiger partial charge in [-0.1, -0.05) is 6.07 Å². The first-order valence-electron chi connectivity index (χ1n) is 9.61. The number of rotatable bonds is 8. The molecule has 0 radical (unpaired) electrons. The average molecular weight is 473 g/mol. The van der Waals surface area contributed by atoms with Gasteiger partial charge < -0.3 is 5.32 Å². The van der Waals surface area contributed by atoms with Crippen molar-refractivity contribution in [2.45, 2.75) is 21.6 Å². The Kier molecular flexibility index (Phi) is 7.69. The summed E-state index contributed by atoms with van der Waals surface area (Å²) in [5, 5.41) is 2.88. The van der Waals surface area contributed by atoms with Crippen LogP contribution in [0.4, 0.5) is 11.4 Å². The number of sulfonamides is 1. The first-order chi connectivity index (χ1) is 14.9. The minimum absolute atomic E-state index is 0.239. The van der Waals surface area contributed by atoms with Crippen LogP contribution in [-0.2, 0) is 10.0 Å². The van der Waals surface area contributed by atoms with Crippen LogP contribution in [0.3, 0.4) is 0 Å². The molecule has 0 aliphatic heterocycles. The molecule has 0 bridgehead atoms. The van der Waals surface area contributed by atoms with Crippen molar-refractivity contribution >= 4 is 50.8 Å². The Morgan fingerprint density at radius 1 is 0.903 bits per heavy atom. The Bertz CT molecular complexity index is 1150. The molecule has 0 fully saturated rings. The van der Waals surface area contributed by atoms with Crippen LogP contribution in [0, 0.1) is 0 Å². The summed E-state index contributed by atoms with van der Waals surface area (Å²) < 4.78 is 27.6. The quantitative estimate of drug-likeness (QED) is 0.433. The van der Waals surface area contributed by atoms with Crippen molar-refractivity contribution in [3.05, 3.63) is 78.4 Å². The lowest BCUT2D eigenvalue weighted by Gasteiger charge is -2.23. The third-order valence-corrected chi connectivity index (χ3v) is 8.07. The lowest BCUT2D eigenvalue weighted by Crippen LogP contribution is -2.30. The van der Waals surface area contributed by atoms with Crippen LogP contribution in [0.2, 0.25) is 0 Å². The van der Waals surface area contributed by atoms with Crippen LogP contribution >= 0.6 is 23.5 Å². The first kappa shape index (κ1) is 23.2. The third kappa shape index (κ3) is 5.44. The standard InChI is InChI=1S/C23H24N2O3S3/c1-4-25(31(27,28)22-14-12-20(29-2)13-15-22)19-10-8-17(9-11-19)23(26)24-18-6-5-7-21(16-18)30-3/h5-16H,4H2,1-3H3,(H,24,26). The zero-order chi connectivity index (χ0) is 22.4. The molecule has 3 aromatic rings. The van der Waals surface area contributed by atoms with Crippen molar-refractivity contribution in [3.8, 4) is 0 Å². The van der Waals surface area contributed by atoms with E-state index in [-0.39, 0.29) is 17.3 Å². The van der Waals surface area contributed by atoms with Crippen LogP contribution in [0.25, 0.3) is 0 Å². The number of amides is 1. The van der Waals surface area contributed by atoms with Gasteiger partial charge in [-0.3, -0.25) is 9.10 Å². The molecule has 0 aliphatic rings. The van der Waals surface area contributed by atoms with E-state index < -0.39 is 10.0 Å². The fraction of sp³-hybridized carbons (Fsp3) is 0.174. The first-order valence-corrected chi connectivity index (χ1v) is 13.5. The van der Waals surface area contributed by atoms with Gasteiger partial charge in [0.05, 0.1) is 10.6 Å². The summed E-state index contributed by atoms with van der Waals surface area (Å²) in [5.74, 6) is -0.247. The summed E-state index contributed by atoms with van der Waals surface area (Å²) in [6.45, 7) is 2.06. The largest absolute Gasteiger partial charge is 0.322 e. The van der Waals surface area contributed by atoms with Gasteiger partial charge in [0.2, 0.25) is 0 Å². The highest BCUT2D eigenvalue weighted by Gasteiger charge is 2.23. The van der Waals surface area contributed by atoms with Gasteiger partial charge in [0.25, 0.3) is 15.9 Å². The van der Waals surface area contributed by atoms with E-state index in [1.165, 1.54) is 4.31 Å². The van der Waals surface area contributed by atoms with Gasteiger partial charge in [0.15, 0.2) is 0 Å². The second kappa shape index (κ2) is 10.3. The Hall–Kier alpha value is -2.42. The van der Waals surface area contributed by atoms with Gasteiger partial charge >= 0.3 is 0 Å². The molecule has 8 heteroatoms. The molecule has 5 nitrogen and oxygen atoms in total. The van der Waals surface area contributed by atoms with Crippen molar-refractivity contribution < 1.29 is 13.2 Å². The smallest absolute Gasteiger partial charge is 0.264 e. The van der Waals surface area contributed by atoms with Gasteiger partial charge in [0.1, 0.15) is 0 Å². The molecular formula is C23H24N2O3S3. The normalized spacial score (nSPS) is 11.2. The molecule has 31 heavy (non-hydrogen) atoms. The van der Waals surface area contributed by atoms with E-state index in [9.17, 15) is 13.2 Å². The lowest BCUT2D eigenvalue weighted by atomic mass is 10.2. The fourth-order valence-corrected chi connectivity index (χ4v) is 5.39. The maximum Gasteiger partial charge on any atom is 0.264 e. The van der Waals surface area contributed by atoms with E-state index >= 15 is 0 Å². The molecule has 1 N–H and O–H groups in total. The second-order valence-electron chi connectivity index (χ2n) is 6.58. The molecule has 0 saturated heterocycles. The zero-order valence-corrected chi connectivity index (χ0v) is 20.0. The van der Waals surface area contributed by atoms with Crippen LogP contribution in [0.5, 0.6) is 0 Å². The fourth-order valence-electron chi connectivity index (χ4n) is 3.05. The number of anilines is 2. The van der Waals surface area contributed by atoms with Crippen LogP contribution in [0.15, 0.2) is 87.5 Å². The van der Waals surface area contributed by atoms with Gasteiger partial charge in [-0.05, 0) is 86.2 Å². The van der Waals surface area contributed by atoms with Gasteiger partial charge in [-0.25, -0.2) is 8.42 Å². The molecule has 0 saturated carbocycles. The predicted octanol–water partition coefficient (Wildman–Crippen LogP) is 5.60. The van der Waals surface area contributed by atoms with Crippen LogP contribution < -0.4 is 9.62 Å². The summed E-state index contributed by atoms with van der Waals surface area (Å²) in [6.07, 6.45) is 3.92. The molecule has 0 heterocycles. The Morgan fingerprint density at radius 3 is 2.13 bits per heavy atom. The maximum absolute atomic E-state index is 13.1. The average Bonchev–Trinajstić information content (AvgIpc) is 2.80. The number of hydrogen-bond acceptors (Lipinski definition) is 5. The molecule has 0 spiro atoms. The number of carbonyl (C=O) groups is 1. The molecule has 0 unspecified atom stereocenters. The monoisotopic (exact) mass is 472 g/mol. The van der Waals surface area contributed by atoms with Crippen molar-refractivity contribution in [3.63, 3.8) is 0 Å². The van der Waals surface area contributed by atoms with E-state index in [0.717, 1.165) is 9.79 Å². The number of nitrogens with one attached hydrogen (secondary N) is 1. The molecule has 3 aromatic carbocycles. The Morgan fingerprint density at radius 2 is 1.55 bits per heavy atom. The summed E-state index contributed by atoms with van der Waals surface area (Å²) in [7, 11) is -3.70. The summed E-state index contributed by atoms with van der Waals surface area (Å²) in [5.41, 5.74) is 1.68. The topological polar surface area (TPSA) is 66.5 Å². The van der Waals surface area contributed by atoms with Crippen molar-refractivity contribution in [1.82, 2.24) is 0 Å². The number of hydrogen-bond donors (Lipinski definition) is 1. The van der Waals surface area contributed by atoms with Crippen LogP contribution in [-0.4, -0.2) is 33.4 Å². The Balaban J connectivity index is 1.80. The number of thioether (sulfide) groups is 2. The number of benzene rings is 3. The van der Waals surface area contributed by atoms with Gasteiger partial charge in [-0.2, -0.15) is 0 Å². The lowest BCUT2D eigenvalue weighted by molar-refractivity contribution is 0.102. The predicted molar refractivity (Wildman–Crippen MR) is 131 cm³/mol. The van der Waals surface area contributed by atoms with E-state index in [1.54, 1.807) is 79.0 Å². The van der Waals surface area contributed by atoms with E-state index in [0.29, 0.717) is 16.9 Å². The summed E-state index contributed by atoms with van der Waals surface area (Å²) in [4.78, 5) is 14.9. The maximum atomic E-state index is 13.1. The van der Waals surface area contributed by atoms with Gasteiger partial charge in [-0.15, -0.1) is 23.5 Å². The minimum Gasteiger partial charge on any atom is -0.322 e. The molecule has 3 rings (SSSR count). The van der Waals surface area contributed by atoms with Crippen LogP contribution in [0.1, 0.15) is 17.3 Å². The highest BCUT2D eigenvalue weighted by atomic mass is 32.2. The van der Waals surface area contributed by atoms with E-state index in [4.69, 9.17) is 0 Å². The zero-order valence-electron chi connectivity index (χ0n) is 17.5. The highest BCUT2D eigenvalue weighted by molar-refractivity contribution is 7.98.